The van der Waals surface area contributed by atoms with Crippen molar-refractivity contribution >= 4 is 0 Å². The second-order valence-corrected chi connectivity index (χ2v) is 3.93. The molecule has 1 heteroatoms. The van der Waals surface area contributed by atoms with Crippen LogP contribution in [0.2, 0.25) is 0 Å². The molecule has 0 aliphatic heterocycles. The van der Waals surface area contributed by atoms with Gasteiger partial charge in [0.1, 0.15) is 0 Å². The van der Waals surface area contributed by atoms with Crippen LogP contribution in [-0.2, 0) is 19.5 Å². The van der Waals surface area contributed by atoms with Crippen LogP contribution < -0.4 is 0 Å². The fourth-order valence-corrected chi connectivity index (χ4v) is 0.908. The Morgan fingerprint density at radius 3 is 1.64 bits per heavy atom. The van der Waals surface area contributed by atoms with Crippen molar-refractivity contribution in [3.05, 3.63) is 12.8 Å². The molecule has 0 radical (unpaired) electrons. The van der Waals surface area contributed by atoms with Crippen LogP contribution in [0.15, 0.2) is 0 Å². The third-order valence-corrected chi connectivity index (χ3v) is 1.88. The van der Waals surface area contributed by atoms with Crippen LogP contribution in [0, 0.1) is 18.8 Å². The van der Waals surface area contributed by atoms with Gasteiger partial charge in [-0.05, 0) is 5.92 Å². The summed E-state index contributed by atoms with van der Waals surface area (Å²) in [5.74, 6) is 0.871. The average molecular weight is 250 g/mol. The zero-order valence-corrected chi connectivity index (χ0v) is 13.9. The predicted octanol–water partition coefficient (Wildman–Crippen LogP) is 5.05. The smallest absolute Gasteiger partial charge is 0.332 e. The molecular formula is C13H28Zn. The molecule has 0 saturated heterocycles. The van der Waals surface area contributed by atoms with E-state index in [4.69, 9.17) is 0 Å². The van der Waals surface area contributed by atoms with Crippen LogP contribution in [0.25, 0.3) is 0 Å². The fourth-order valence-electron chi connectivity index (χ4n) is 0.908. The van der Waals surface area contributed by atoms with Gasteiger partial charge in [-0.3, -0.25) is 0 Å². The maximum absolute atomic E-state index is 2.25. The quantitative estimate of drug-likeness (QED) is 0.351. The summed E-state index contributed by atoms with van der Waals surface area (Å²) in [6.45, 7) is 10.9. The van der Waals surface area contributed by atoms with Gasteiger partial charge in [0.2, 0.25) is 0 Å². The normalized spacial score (nSPS) is 9.00. The van der Waals surface area contributed by atoms with Gasteiger partial charge in [0.25, 0.3) is 0 Å². The summed E-state index contributed by atoms with van der Waals surface area (Å²) in [6, 6.07) is 0. The minimum absolute atomic E-state index is 0. The molecule has 0 aliphatic carbocycles. The molecule has 0 saturated carbocycles. The Balaban J connectivity index is -0.000000163. The summed E-state index contributed by atoms with van der Waals surface area (Å²) >= 11 is 0. The molecule has 0 bridgehead atoms. The fraction of sp³-hybridized carbons (Fsp3) is 0.846. The minimum Gasteiger partial charge on any atom is -0.332 e. The Bertz CT molecular complexity index is 65.6. The third-order valence-electron chi connectivity index (χ3n) is 1.88. The van der Waals surface area contributed by atoms with Crippen LogP contribution in [-0.4, -0.2) is 0 Å². The van der Waals surface area contributed by atoms with Crippen molar-refractivity contribution in [2.75, 3.05) is 0 Å². The van der Waals surface area contributed by atoms with E-state index in [1.807, 2.05) is 0 Å². The Hall–Kier alpha value is 0.623. The summed E-state index contributed by atoms with van der Waals surface area (Å²) in [7, 11) is 0. The van der Waals surface area contributed by atoms with E-state index in [1.54, 1.807) is 0 Å². The van der Waals surface area contributed by atoms with Gasteiger partial charge in [0.05, 0.1) is 0 Å². The van der Waals surface area contributed by atoms with Crippen LogP contribution >= 0.6 is 0 Å². The molecule has 0 aromatic heterocycles. The molecule has 0 rings (SSSR count). The van der Waals surface area contributed by atoms with Gasteiger partial charge in [0.15, 0.2) is 0 Å². The average Bonchev–Trinajstić information content (AvgIpc) is 2.12. The van der Waals surface area contributed by atoms with E-state index in [-0.39, 0.29) is 19.5 Å². The van der Waals surface area contributed by atoms with Crippen LogP contribution in [0.4, 0.5) is 0 Å². The molecule has 0 aliphatic rings. The van der Waals surface area contributed by atoms with Crippen molar-refractivity contribution < 1.29 is 19.5 Å². The molecular weight excluding hydrogens is 222 g/mol. The van der Waals surface area contributed by atoms with E-state index >= 15 is 0 Å². The monoisotopic (exact) mass is 248 g/mol. The summed E-state index contributed by atoms with van der Waals surface area (Å²) in [5.41, 5.74) is 0. The Labute approximate surface area is 105 Å². The van der Waals surface area contributed by atoms with E-state index in [9.17, 15) is 0 Å². The van der Waals surface area contributed by atoms with E-state index < -0.39 is 0 Å². The maximum Gasteiger partial charge on any atom is 2.00 e. The van der Waals surface area contributed by atoms with Gasteiger partial charge < -0.3 is 12.8 Å². The largest absolute Gasteiger partial charge is 2.00 e. The molecule has 0 spiro atoms. The number of hydrogen-bond donors (Lipinski definition) is 0. The standard InChI is InChI=1S/C7H15.C6H13.Zn/c1-4-5-6-7(2)3;1-3-5-6-4-2;/h4,7H,5-6H2,1-3H3;3H,4-6H2,1-2H3;/q2*-1;+2. The number of unbranched alkanes of at least 4 members (excludes halogenated alkanes) is 4. The van der Waals surface area contributed by atoms with Crippen molar-refractivity contribution in [2.45, 2.75) is 66.7 Å². The van der Waals surface area contributed by atoms with E-state index in [1.165, 1.54) is 32.1 Å². The van der Waals surface area contributed by atoms with Gasteiger partial charge in [-0.25, -0.2) is 0 Å². The summed E-state index contributed by atoms with van der Waals surface area (Å²) in [5, 5.41) is 0. The second-order valence-electron chi connectivity index (χ2n) is 3.93. The van der Waals surface area contributed by atoms with Gasteiger partial charge >= 0.3 is 19.5 Å². The first kappa shape index (κ1) is 20.1. The van der Waals surface area contributed by atoms with Crippen LogP contribution in [0.5, 0.6) is 0 Å². The van der Waals surface area contributed by atoms with Gasteiger partial charge in [0, 0.05) is 0 Å². The zero-order valence-electron chi connectivity index (χ0n) is 11.0. The molecule has 0 nitrogen and oxygen atoms in total. The minimum atomic E-state index is 0. The molecule has 0 N–H and O–H groups in total. The predicted molar refractivity (Wildman–Crippen MR) is 63.5 cm³/mol. The molecule has 14 heavy (non-hydrogen) atoms. The number of rotatable bonds is 6. The van der Waals surface area contributed by atoms with Gasteiger partial charge in [-0.1, -0.05) is 40.0 Å². The molecule has 0 aromatic carbocycles. The van der Waals surface area contributed by atoms with Crippen molar-refractivity contribution in [3.8, 4) is 0 Å². The first-order valence-electron chi connectivity index (χ1n) is 5.74. The third kappa shape index (κ3) is 29.3. The number of hydrogen-bond acceptors (Lipinski definition) is 0. The van der Waals surface area contributed by atoms with Gasteiger partial charge in [-0.2, -0.15) is 26.7 Å². The molecule has 0 atom stereocenters. The van der Waals surface area contributed by atoms with Crippen molar-refractivity contribution in [1.82, 2.24) is 0 Å². The SMILES string of the molecule is C[CH-]CCC(C)C.C[CH-]CCCC.[Zn+2]. The van der Waals surface area contributed by atoms with Crippen molar-refractivity contribution in [2.24, 2.45) is 5.92 Å². The molecule has 0 amide bonds. The van der Waals surface area contributed by atoms with Crippen molar-refractivity contribution in [3.63, 3.8) is 0 Å². The molecule has 0 fully saturated rings. The van der Waals surface area contributed by atoms with E-state index in [0.717, 1.165) is 5.92 Å². The first-order valence-corrected chi connectivity index (χ1v) is 5.74. The van der Waals surface area contributed by atoms with Gasteiger partial charge in [-0.15, -0.1) is 0 Å². The Kier molecular flexibility index (Phi) is 27.6. The zero-order chi connectivity index (χ0) is 10.5. The van der Waals surface area contributed by atoms with Crippen LogP contribution in [0.1, 0.15) is 66.7 Å². The van der Waals surface area contributed by atoms with E-state index in [2.05, 4.69) is 47.5 Å². The second kappa shape index (κ2) is 19.2. The molecule has 0 heterocycles. The molecule has 82 valence electrons. The molecule has 0 unspecified atom stereocenters. The first-order chi connectivity index (χ1) is 6.18. The summed E-state index contributed by atoms with van der Waals surface area (Å²) in [4.78, 5) is 0. The van der Waals surface area contributed by atoms with Crippen LogP contribution in [0.3, 0.4) is 0 Å². The van der Waals surface area contributed by atoms with Crippen molar-refractivity contribution in [1.29, 1.82) is 0 Å². The van der Waals surface area contributed by atoms with E-state index in [0.29, 0.717) is 0 Å². The summed E-state index contributed by atoms with van der Waals surface area (Å²) < 4.78 is 0. The Morgan fingerprint density at radius 2 is 1.50 bits per heavy atom. The molecule has 0 aromatic rings. The Morgan fingerprint density at radius 1 is 1.00 bits per heavy atom. The topological polar surface area (TPSA) is 0 Å². The maximum atomic E-state index is 2.25. The summed E-state index contributed by atoms with van der Waals surface area (Å²) in [6.07, 6.45) is 11.0.